The number of ether oxygens (including phenoxy) is 1. The average molecular weight is 242 g/mol. The third-order valence-electron chi connectivity index (χ3n) is 2.15. The van der Waals surface area contributed by atoms with Crippen LogP contribution in [0.15, 0.2) is 18.2 Å². The van der Waals surface area contributed by atoms with Crippen molar-refractivity contribution in [2.45, 2.75) is 18.9 Å². The minimum Gasteiger partial charge on any atom is -0.490 e. The molecule has 1 aromatic carbocycles. The first-order valence-corrected chi connectivity index (χ1v) is 6.87. The fourth-order valence-corrected chi connectivity index (χ4v) is 1.87. The summed E-state index contributed by atoms with van der Waals surface area (Å²) in [5.74, 6) is 0.680. The van der Waals surface area contributed by atoms with Crippen LogP contribution in [0.5, 0.6) is 5.75 Å². The van der Waals surface area contributed by atoms with Gasteiger partial charge in [0.05, 0.1) is 23.7 Å². The molecule has 1 aromatic rings. The van der Waals surface area contributed by atoms with Crippen molar-refractivity contribution in [2.24, 2.45) is 0 Å². The lowest BCUT2D eigenvalue weighted by atomic mass is 10.2. The smallest absolute Gasteiger partial charge is 0.229 e. The van der Waals surface area contributed by atoms with E-state index in [4.69, 9.17) is 10.5 Å². The Morgan fingerprint density at radius 2 is 2.12 bits per heavy atom. The predicted octanol–water partition coefficient (Wildman–Crippen LogP) is 1.18. The maximum atomic E-state index is 11.0. The molecule has 0 spiro atoms. The summed E-state index contributed by atoms with van der Waals surface area (Å²) in [6, 6.07) is 4.95. The average Bonchev–Trinajstić information content (AvgIpc) is 2.92. The normalized spacial score (nSPS) is 15.8. The molecule has 0 bridgehead atoms. The van der Waals surface area contributed by atoms with Crippen molar-refractivity contribution in [1.29, 1.82) is 0 Å². The lowest BCUT2D eigenvalue weighted by molar-refractivity contribution is 0.303. The van der Waals surface area contributed by atoms with Crippen molar-refractivity contribution in [1.82, 2.24) is 0 Å². The molecule has 1 fully saturated rings. The third kappa shape index (κ3) is 3.03. The van der Waals surface area contributed by atoms with Crippen LogP contribution in [0.25, 0.3) is 0 Å². The van der Waals surface area contributed by atoms with Crippen LogP contribution >= 0.6 is 0 Å². The lowest BCUT2D eigenvalue weighted by Gasteiger charge is -2.10. The van der Waals surface area contributed by atoms with Gasteiger partial charge >= 0.3 is 0 Å². The van der Waals surface area contributed by atoms with E-state index in [-0.39, 0.29) is 0 Å². The van der Waals surface area contributed by atoms with E-state index in [9.17, 15) is 8.42 Å². The number of sulfonamides is 1. The van der Waals surface area contributed by atoms with E-state index in [1.165, 1.54) is 0 Å². The van der Waals surface area contributed by atoms with Crippen LogP contribution in [-0.4, -0.2) is 20.8 Å². The Hall–Kier alpha value is -1.43. The van der Waals surface area contributed by atoms with Crippen LogP contribution in [0.3, 0.4) is 0 Å². The van der Waals surface area contributed by atoms with Gasteiger partial charge in [-0.05, 0) is 25.0 Å². The maximum absolute atomic E-state index is 11.0. The Kier molecular flexibility index (Phi) is 2.67. The quantitative estimate of drug-likeness (QED) is 0.777. The number of nitrogens with one attached hydrogen (secondary N) is 1. The van der Waals surface area contributed by atoms with Gasteiger partial charge in [-0.1, -0.05) is 0 Å². The van der Waals surface area contributed by atoms with E-state index < -0.39 is 10.0 Å². The van der Waals surface area contributed by atoms with Crippen LogP contribution in [0, 0.1) is 0 Å². The fourth-order valence-electron chi connectivity index (χ4n) is 1.29. The first kappa shape index (κ1) is 11.1. The van der Waals surface area contributed by atoms with Gasteiger partial charge in [-0.2, -0.15) is 0 Å². The zero-order valence-corrected chi connectivity index (χ0v) is 9.75. The Balaban J connectivity index is 2.15. The Labute approximate surface area is 94.6 Å². The lowest BCUT2D eigenvalue weighted by Crippen LogP contribution is -2.11. The number of nitrogen functional groups attached to an aromatic ring is 1. The standard InChI is InChI=1S/C10H14N2O3S/c1-16(13,14)12-10-5-4-8(6-9(10)11)15-7-2-3-7/h4-7,12H,2-3,11H2,1H3. The van der Waals surface area contributed by atoms with Crippen LogP contribution in [0.2, 0.25) is 0 Å². The summed E-state index contributed by atoms with van der Waals surface area (Å²) in [5.41, 5.74) is 6.46. The van der Waals surface area contributed by atoms with E-state index in [0.29, 0.717) is 23.2 Å². The van der Waals surface area contributed by atoms with Gasteiger partial charge in [0.2, 0.25) is 10.0 Å². The monoisotopic (exact) mass is 242 g/mol. The summed E-state index contributed by atoms with van der Waals surface area (Å²) in [6.45, 7) is 0. The molecule has 3 N–H and O–H groups in total. The van der Waals surface area contributed by atoms with Crippen LogP contribution in [-0.2, 0) is 10.0 Å². The Bertz CT molecular complexity index is 495. The second kappa shape index (κ2) is 3.86. The number of anilines is 2. The molecular weight excluding hydrogens is 228 g/mol. The summed E-state index contributed by atoms with van der Waals surface area (Å²) >= 11 is 0. The number of hydrogen-bond donors (Lipinski definition) is 2. The van der Waals surface area contributed by atoms with Crippen molar-refractivity contribution in [3.63, 3.8) is 0 Å². The molecular formula is C10H14N2O3S. The predicted molar refractivity (Wildman–Crippen MR) is 63.0 cm³/mol. The second-order valence-corrected chi connectivity index (χ2v) is 5.69. The summed E-state index contributed by atoms with van der Waals surface area (Å²) < 4.78 is 29.9. The molecule has 0 atom stereocenters. The van der Waals surface area contributed by atoms with E-state index in [1.807, 2.05) is 0 Å². The van der Waals surface area contributed by atoms with Crippen molar-refractivity contribution in [2.75, 3.05) is 16.7 Å². The minimum atomic E-state index is -3.29. The molecule has 16 heavy (non-hydrogen) atoms. The molecule has 1 aliphatic rings. The highest BCUT2D eigenvalue weighted by Crippen LogP contribution is 2.30. The fraction of sp³-hybridized carbons (Fsp3) is 0.400. The second-order valence-electron chi connectivity index (χ2n) is 3.94. The molecule has 88 valence electrons. The van der Waals surface area contributed by atoms with Crippen LogP contribution in [0.1, 0.15) is 12.8 Å². The Morgan fingerprint density at radius 3 is 2.62 bits per heavy atom. The molecule has 6 heteroatoms. The highest BCUT2D eigenvalue weighted by Gasteiger charge is 2.23. The zero-order valence-electron chi connectivity index (χ0n) is 8.93. The molecule has 0 radical (unpaired) electrons. The number of hydrogen-bond acceptors (Lipinski definition) is 4. The van der Waals surface area contributed by atoms with Gasteiger partial charge in [0.15, 0.2) is 0 Å². The van der Waals surface area contributed by atoms with Crippen LogP contribution in [0.4, 0.5) is 11.4 Å². The van der Waals surface area contributed by atoms with E-state index in [2.05, 4.69) is 4.72 Å². The summed E-state index contributed by atoms with van der Waals surface area (Å²) in [7, 11) is -3.29. The van der Waals surface area contributed by atoms with Gasteiger partial charge in [0, 0.05) is 6.07 Å². The van der Waals surface area contributed by atoms with Gasteiger partial charge in [-0.15, -0.1) is 0 Å². The molecule has 1 aliphatic carbocycles. The molecule has 0 amide bonds. The molecule has 0 unspecified atom stereocenters. The topological polar surface area (TPSA) is 81.4 Å². The first-order chi connectivity index (χ1) is 7.44. The molecule has 2 rings (SSSR count). The molecule has 0 aromatic heterocycles. The zero-order chi connectivity index (χ0) is 11.8. The van der Waals surface area contributed by atoms with Gasteiger partial charge in [-0.3, -0.25) is 4.72 Å². The summed E-state index contributed by atoms with van der Waals surface area (Å²) in [5, 5.41) is 0. The van der Waals surface area contributed by atoms with Gasteiger partial charge < -0.3 is 10.5 Å². The van der Waals surface area contributed by atoms with Crippen LogP contribution < -0.4 is 15.2 Å². The number of nitrogens with two attached hydrogens (primary N) is 1. The largest absolute Gasteiger partial charge is 0.490 e. The van der Waals surface area contributed by atoms with E-state index in [1.54, 1.807) is 18.2 Å². The van der Waals surface area contributed by atoms with E-state index >= 15 is 0 Å². The maximum Gasteiger partial charge on any atom is 0.229 e. The highest BCUT2D eigenvalue weighted by atomic mass is 32.2. The SMILES string of the molecule is CS(=O)(=O)Nc1ccc(OC2CC2)cc1N. The number of rotatable bonds is 4. The summed E-state index contributed by atoms with van der Waals surface area (Å²) in [6.07, 6.45) is 3.53. The van der Waals surface area contributed by atoms with Gasteiger partial charge in [-0.25, -0.2) is 8.42 Å². The van der Waals surface area contributed by atoms with Crippen molar-refractivity contribution < 1.29 is 13.2 Å². The molecule has 0 heterocycles. The van der Waals surface area contributed by atoms with Gasteiger partial charge in [0.1, 0.15) is 5.75 Å². The van der Waals surface area contributed by atoms with Crippen molar-refractivity contribution in [3.05, 3.63) is 18.2 Å². The highest BCUT2D eigenvalue weighted by molar-refractivity contribution is 7.92. The third-order valence-corrected chi connectivity index (χ3v) is 2.74. The van der Waals surface area contributed by atoms with Gasteiger partial charge in [0.25, 0.3) is 0 Å². The number of benzene rings is 1. The molecule has 5 nitrogen and oxygen atoms in total. The van der Waals surface area contributed by atoms with Crippen molar-refractivity contribution in [3.8, 4) is 5.75 Å². The molecule has 0 aliphatic heterocycles. The molecule has 1 saturated carbocycles. The van der Waals surface area contributed by atoms with E-state index in [0.717, 1.165) is 19.1 Å². The first-order valence-electron chi connectivity index (χ1n) is 4.98. The molecule has 0 saturated heterocycles. The summed E-state index contributed by atoms with van der Waals surface area (Å²) in [4.78, 5) is 0. The minimum absolute atomic E-state index is 0.299. The Morgan fingerprint density at radius 1 is 1.44 bits per heavy atom. The van der Waals surface area contributed by atoms with Crippen molar-refractivity contribution >= 4 is 21.4 Å².